The third-order valence-electron chi connectivity index (χ3n) is 6.89. The van der Waals surface area contributed by atoms with Gasteiger partial charge in [0, 0.05) is 48.5 Å². The molecular formula is C32H37BrN4O3. The smallest absolute Gasteiger partial charge is 0.322 e. The number of urea groups is 1. The molecule has 4 rings (SSSR count). The lowest BCUT2D eigenvalue weighted by Gasteiger charge is -2.28. The average molecular weight is 606 g/mol. The summed E-state index contributed by atoms with van der Waals surface area (Å²) in [5.74, 6) is -0.0889. The molecule has 1 N–H and O–H groups in total. The molecule has 0 atom stereocenters. The highest BCUT2D eigenvalue weighted by molar-refractivity contribution is 9.10. The fourth-order valence-electron chi connectivity index (χ4n) is 4.62. The lowest BCUT2D eigenvalue weighted by Crippen LogP contribution is -2.46. The van der Waals surface area contributed by atoms with Gasteiger partial charge in [-0.1, -0.05) is 77.8 Å². The molecule has 0 aliphatic heterocycles. The van der Waals surface area contributed by atoms with Crippen molar-refractivity contribution >= 4 is 44.3 Å². The molecule has 40 heavy (non-hydrogen) atoms. The number of benzene rings is 3. The summed E-state index contributed by atoms with van der Waals surface area (Å²) >= 11 is 3.49. The zero-order valence-corrected chi connectivity index (χ0v) is 24.8. The summed E-state index contributed by atoms with van der Waals surface area (Å²) in [6, 6.07) is 25.7. The average Bonchev–Trinajstić information content (AvgIpc) is 3.40. The Morgan fingerprint density at radius 3 is 2.48 bits per heavy atom. The van der Waals surface area contributed by atoms with E-state index >= 15 is 0 Å². The predicted molar refractivity (Wildman–Crippen MR) is 164 cm³/mol. The Kier molecular flexibility index (Phi) is 10.8. The number of carbonyl (C=O) groups excluding carboxylic acids is 2. The van der Waals surface area contributed by atoms with Crippen LogP contribution in [0.4, 0.5) is 10.5 Å². The minimum Gasteiger partial charge on any atom is -0.383 e. The van der Waals surface area contributed by atoms with E-state index in [1.165, 1.54) is 10.5 Å². The Labute approximate surface area is 244 Å². The van der Waals surface area contributed by atoms with E-state index < -0.39 is 0 Å². The Balaban J connectivity index is 1.48. The van der Waals surface area contributed by atoms with Gasteiger partial charge in [-0.2, -0.15) is 0 Å². The first kappa shape index (κ1) is 29.4. The van der Waals surface area contributed by atoms with Gasteiger partial charge in [0.05, 0.1) is 18.8 Å². The molecule has 7 nitrogen and oxygen atoms in total. The zero-order chi connectivity index (χ0) is 28.3. The van der Waals surface area contributed by atoms with E-state index in [4.69, 9.17) is 4.74 Å². The maximum Gasteiger partial charge on any atom is 0.322 e. The molecule has 0 spiro atoms. The molecule has 0 aliphatic rings. The van der Waals surface area contributed by atoms with Crippen molar-refractivity contribution in [1.29, 1.82) is 0 Å². The van der Waals surface area contributed by atoms with Crippen molar-refractivity contribution in [2.75, 3.05) is 38.7 Å². The highest BCUT2D eigenvalue weighted by atomic mass is 79.9. The van der Waals surface area contributed by atoms with E-state index in [-0.39, 0.29) is 18.5 Å². The van der Waals surface area contributed by atoms with Crippen LogP contribution in [-0.2, 0) is 22.6 Å². The third kappa shape index (κ3) is 7.96. The molecule has 0 saturated heterocycles. The monoisotopic (exact) mass is 604 g/mol. The predicted octanol–water partition coefficient (Wildman–Crippen LogP) is 6.76. The molecule has 0 fully saturated rings. The van der Waals surface area contributed by atoms with Gasteiger partial charge < -0.3 is 24.4 Å². The van der Waals surface area contributed by atoms with Crippen LogP contribution in [-0.4, -0.2) is 59.7 Å². The number of halogens is 1. The van der Waals surface area contributed by atoms with E-state index in [1.807, 2.05) is 71.8 Å². The molecule has 8 heteroatoms. The third-order valence-corrected chi connectivity index (χ3v) is 7.42. The fourth-order valence-corrected chi connectivity index (χ4v) is 4.88. The van der Waals surface area contributed by atoms with Crippen LogP contribution >= 0.6 is 15.9 Å². The summed E-state index contributed by atoms with van der Waals surface area (Å²) in [4.78, 5) is 30.5. The Morgan fingerprint density at radius 2 is 1.70 bits per heavy atom. The van der Waals surface area contributed by atoms with E-state index in [1.54, 1.807) is 7.11 Å². The van der Waals surface area contributed by atoms with Crippen molar-refractivity contribution in [2.45, 2.75) is 32.9 Å². The van der Waals surface area contributed by atoms with Crippen molar-refractivity contribution in [1.82, 2.24) is 14.4 Å². The maximum absolute atomic E-state index is 13.7. The first-order valence-electron chi connectivity index (χ1n) is 13.7. The van der Waals surface area contributed by atoms with Crippen molar-refractivity contribution in [2.24, 2.45) is 0 Å². The van der Waals surface area contributed by atoms with Gasteiger partial charge in [-0.3, -0.25) is 4.79 Å². The first-order valence-corrected chi connectivity index (χ1v) is 14.5. The molecule has 3 aromatic carbocycles. The molecule has 210 valence electrons. The number of hydrogen-bond donors (Lipinski definition) is 1. The summed E-state index contributed by atoms with van der Waals surface area (Å²) in [5.41, 5.74) is 2.95. The van der Waals surface area contributed by atoms with Crippen LogP contribution in [0.1, 0.15) is 31.0 Å². The molecule has 0 saturated carbocycles. The van der Waals surface area contributed by atoms with Crippen LogP contribution in [0.3, 0.4) is 0 Å². The van der Waals surface area contributed by atoms with E-state index in [2.05, 4.69) is 50.9 Å². The number of aromatic nitrogens is 1. The molecule has 0 bridgehead atoms. The zero-order valence-electron chi connectivity index (χ0n) is 23.2. The molecule has 1 aromatic heterocycles. The lowest BCUT2D eigenvalue weighted by atomic mass is 10.1. The first-order chi connectivity index (χ1) is 19.5. The van der Waals surface area contributed by atoms with Crippen LogP contribution in [0.2, 0.25) is 0 Å². The standard InChI is InChI=1S/C32H37BrN4O3/c1-3-4-18-36(23-28-11-8-19-35(28)22-25-14-16-27(33)17-15-25)31(38)24-37(20-21-40-2)32(39)34-30-13-7-10-26-9-5-6-12-29(26)30/h5-17,19H,3-4,18,20-24H2,1-2H3,(H,34,39). The summed E-state index contributed by atoms with van der Waals surface area (Å²) in [6.45, 7) is 4.55. The second-order valence-electron chi connectivity index (χ2n) is 9.79. The quantitative estimate of drug-likeness (QED) is 0.183. The molecule has 4 aromatic rings. The van der Waals surface area contributed by atoms with Gasteiger partial charge >= 0.3 is 6.03 Å². The summed E-state index contributed by atoms with van der Waals surface area (Å²) in [5, 5.41) is 5.01. The van der Waals surface area contributed by atoms with Gasteiger partial charge in [0.25, 0.3) is 0 Å². The van der Waals surface area contributed by atoms with Crippen molar-refractivity contribution in [3.63, 3.8) is 0 Å². The van der Waals surface area contributed by atoms with E-state index in [0.717, 1.165) is 40.3 Å². The maximum atomic E-state index is 13.7. The highest BCUT2D eigenvalue weighted by Gasteiger charge is 2.22. The van der Waals surface area contributed by atoms with Crippen LogP contribution in [0.15, 0.2) is 89.5 Å². The number of hydrogen-bond acceptors (Lipinski definition) is 3. The number of ether oxygens (including phenoxy) is 1. The van der Waals surface area contributed by atoms with Gasteiger partial charge in [0.2, 0.25) is 5.91 Å². The highest BCUT2D eigenvalue weighted by Crippen LogP contribution is 2.23. The Bertz CT molecular complexity index is 1400. The molecule has 0 aliphatic carbocycles. The van der Waals surface area contributed by atoms with Gasteiger partial charge in [-0.15, -0.1) is 0 Å². The Morgan fingerprint density at radius 1 is 0.925 bits per heavy atom. The lowest BCUT2D eigenvalue weighted by molar-refractivity contribution is -0.132. The second-order valence-corrected chi connectivity index (χ2v) is 10.7. The molecule has 0 radical (unpaired) electrons. The van der Waals surface area contributed by atoms with Gasteiger partial charge in [0.1, 0.15) is 6.54 Å². The number of fused-ring (bicyclic) bond motifs is 1. The van der Waals surface area contributed by atoms with Crippen LogP contribution in [0, 0.1) is 0 Å². The van der Waals surface area contributed by atoms with Gasteiger partial charge in [-0.25, -0.2) is 4.79 Å². The van der Waals surface area contributed by atoms with Gasteiger partial charge in [-0.05, 0) is 47.7 Å². The molecule has 3 amide bonds. The number of anilines is 1. The summed E-state index contributed by atoms with van der Waals surface area (Å²) in [7, 11) is 1.59. The number of nitrogens with zero attached hydrogens (tertiary/aromatic N) is 3. The number of nitrogens with one attached hydrogen (secondary N) is 1. The number of methoxy groups -OCH3 is 1. The topological polar surface area (TPSA) is 66.8 Å². The van der Waals surface area contributed by atoms with Crippen molar-refractivity contribution in [3.8, 4) is 0 Å². The van der Waals surface area contributed by atoms with Crippen molar-refractivity contribution in [3.05, 3.63) is 101 Å². The Hall–Kier alpha value is -3.62. The largest absolute Gasteiger partial charge is 0.383 e. The summed E-state index contributed by atoms with van der Waals surface area (Å²) < 4.78 is 8.48. The normalized spacial score (nSPS) is 11.0. The molecular weight excluding hydrogens is 568 g/mol. The van der Waals surface area contributed by atoms with E-state index in [0.29, 0.717) is 31.9 Å². The van der Waals surface area contributed by atoms with Crippen LogP contribution in [0.25, 0.3) is 10.8 Å². The van der Waals surface area contributed by atoms with E-state index in [9.17, 15) is 9.59 Å². The molecule has 1 heterocycles. The molecule has 0 unspecified atom stereocenters. The number of amides is 3. The second kappa shape index (κ2) is 14.7. The minimum absolute atomic E-state index is 0.0307. The number of rotatable bonds is 13. The van der Waals surface area contributed by atoms with Crippen LogP contribution in [0.5, 0.6) is 0 Å². The fraction of sp³-hybridized carbons (Fsp3) is 0.312. The van der Waals surface area contributed by atoms with Crippen molar-refractivity contribution < 1.29 is 14.3 Å². The van der Waals surface area contributed by atoms with Gasteiger partial charge in [0.15, 0.2) is 0 Å². The number of unbranched alkanes of at least 4 members (excludes halogenated alkanes) is 1. The SMILES string of the molecule is CCCCN(Cc1cccn1Cc1ccc(Br)cc1)C(=O)CN(CCOC)C(=O)Nc1cccc2ccccc12. The minimum atomic E-state index is -0.323. The van der Waals surface area contributed by atoms with Crippen LogP contribution < -0.4 is 5.32 Å². The number of carbonyl (C=O) groups is 2. The summed E-state index contributed by atoms with van der Waals surface area (Å²) in [6.07, 6.45) is 3.90.